The molecule has 3 N–H and O–H groups in total. The van der Waals surface area contributed by atoms with Gasteiger partial charge in [0.15, 0.2) is 5.76 Å². The number of hydrogen-bond donors (Lipinski definition) is 3. The molecular formula is C24H23ClN2O3. The monoisotopic (exact) mass is 422 g/mol. The van der Waals surface area contributed by atoms with Crippen LogP contribution in [0.1, 0.15) is 49.1 Å². The number of halogens is 1. The lowest BCUT2D eigenvalue weighted by molar-refractivity contribution is -0.120. The molecule has 0 radical (unpaired) electrons. The van der Waals surface area contributed by atoms with E-state index >= 15 is 0 Å². The zero-order chi connectivity index (χ0) is 21.1. The maximum atomic E-state index is 12.6. The fourth-order valence-electron chi connectivity index (χ4n) is 4.03. The summed E-state index contributed by atoms with van der Waals surface area (Å²) in [6, 6.07) is 14.7. The average molecular weight is 423 g/mol. The van der Waals surface area contributed by atoms with E-state index in [1.807, 2.05) is 24.3 Å². The molecule has 1 heterocycles. The number of amides is 2. The Bertz CT molecular complexity index is 1030. The minimum Gasteiger partial charge on any atom is -0.505 e. The molecular weight excluding hydrogens is 400 g/mol. The minimum atomic E-state index is -0.648. The molecule has 0 spiro atoms. The van der Waals surface area contributed by atoms with Gasteiger partial charge in [0.25, 0.3) is 11.8 Å². The number of carbonyl (C=O) groups is 2. The van der Waals surface area contributed by atoms with Crippen molar-refractivity contribution in [1.82, 2.24) is 5.32 Å². The summed E-state index contributed by atoms with van der Waals surface area (Å²) >= 11 is 5.97. The Labute approximate surface area is 180 Å². The van der Waals surface area contributed by atoms with E-state index in [9.17, 15) is 14.7 Å². The number of aliphatic hydroxyl groups is 1. The van der Waals surface area contributed by atoms with E-state index < -0.39 is 11.8 Å². The van der Waals surface area contributed by atoms with Gasteiger partial charge >= 0.3 is 0 Å². The van der Waals surface area contributed by atoms with Gasteiger partial charge in [0.2, 0.25) is 0 Å². The second-order valence-corrected chi connectivity index (χ2v) is 8.14. The summed E-state index contributed by atoms with van der Waals surface area (Å²) < 4.78 is 0. The second kappa shape index (κ2) is 8.76. The van der Waals surface area contributed by atoms with E-state index in [0.29, 0.717) is 22.2 Å². The Balaban J connectivity index is 1.49. The van der Waals surface area contributed by atoms with Gasteiger partial charge in [0.05, 0.1) is 5.70 Å². The number of carbonyl (C=O) groups excluding carboxylic acids is 2. The van der Waals surface area contributed by atoms with Gasteiger partial charge in [0, 0.05) is 10.7 Å². The Morgan fingerprint density at radius 1 is 1.10 bits per heavy atom. The van der Waals surface area contributed by atoms with E-state index in [4.69, 9.17) is 11.6 Å². The molecule has 0 atom stereocenters. The number of benzene rings is 2. The van der Waals surface area contributed by atoms with Crippen molar-refractivity contribution >= 4 is 35.2 Å². The number of anilines is 1. The van der Waals surface area contributed by atoms with Crippen LogP contribution in [0, 0.1) is 0 Å². The first-order valence-electron chi connectivity index (χ1n) is 10.1. The lowest BCUT2D eigenvalue weighted by Crippen LogP contribution is -2.24. The van der Waals surface area contributed by atoms with Gasteiger partial charge in [0.1, 0.15) is 5.57 Å². The van der Waals surface area contributed by atoms with E-state index in [1.54, 1.807) is 30.3 Å². The highest BCUT2D eigenvalue weighted by Gasteiger charge is 2.32. The van der Waals surface area contributed by atoms with Gasteiger partial charge in [-0.1, -0.05) is 55.1 Å². The van der Waals surface area contributed by atoms with Crippen molar-refractivity contribution < 1.29 is 14.7 Å². The minimum absolute atomic E-state index is 0.167. The van der Waals surface area contributed by atoms with E-state index in [2.05, 4.69) is 10.6 Å². The van der Waals surface area contributed by atoms with Gasteiger partial charge in [-0.3, -0.25) is 9.59 Å². The maximum absolute atomic E-state index is 12.6. The smallest absolute Gasteiger partial charge is 0.265 e. The first-order valence-corrected chi connectivity index (χ1v) is 10.5. The third kappa shape index (κ3) is 4.41. The van der Waals surface area contributed by atoms with Crippen LogP contribution in [0.25, 0.3) is 6.08 Å². The van der Waals surface area contributed by atoms with Crippen LogP contribution in [-0.4, -0.2) is 16.9 Å². The molecule has 1 aliphatic carbocycles. The second-order valence-electron chi connectivity index (χ2n) is 7.70. The van der Waals surface area contributed by atoms with Crippen molar-refractivity contribution in [3.63, 3.8) is 0 Å². The lowest BCUT2D eigenvalue weighted by Gasteiger charge is -2.22. The molecule has 30 heavy (non-hydrogen) atoms. The zero-order valence-electron chi connectivity index (χ0n) is 16.5. The molecule has 1 fully saturated rings. The number of aliphatic hydroxyl groups excluding tert-OH is 1. The van der Waals surface area contributed by atoms with Crippen LogP contribution < -0.4 is 10.6 Å². The predicted molar refractivity (Wildman–Crippen MR) is 118 cm³/mol. The van der Waals surface area contributed by atoms with Crippen molar-refractivity contribution in [1.29, 1.82) is 0 Å². The summed E-state index contributed by atoms with van der Waals surface area (Å²) in [4.78, 5) is 24.9. The number of nitrogens with one attached hydrogen (secondary N) is 2. The molecule has 0 bridgehead atoms. The van der Waals surface area contributed by atoms with Crippen LogP contribution in [0.5, 0.6) is 0 Å². The first kappa shape index (κ1) is 20.2. The Morgan fingerprint density at radius 2 is 1.83 bits per heavy atom. The molecule has 5 nitrogen and oxygen atoms in total. The lowest BCUT2D eigenvalue weighted by atomic mass is 9.84. The normalized spacial score (nSPS) is 18.6. The predicted octanol–water partition coefficient (Wildman–Crippen LogP) is 5.31. The Kier molecular flexibility index (Phi) is 5.91. The van der Waals surface area contributed by atoms with Crippen LogP contribution in [0.3, 0.4) is 0 Å². The highest BCUT2D eigenvalue weighted by Crippen LogP contribution is 2.33. The van der Waals surface area contributed by atoms with Gasteiger partial charge < -0.3 is 15.7 Å². The number of rotatable bonds is 4. The van der Waals surface area contributed by atoms with Crippen LogP contribution >= 0.6 is 11.6 Å². The molecule has 154 valence electrons. The van der Waals surface area contributed by atoms with Crippen LogP contribution in [0.2, 0.25) is 5.02 Å². The molecule has 1 aliphatic heterocycles. The molecule has 0 unspecified atom stereocenters. The fourth-order valence-corrected chi connectivity index (χ4v) is 4.23. The van der Waals surface area contributed by atoms with Gasteiger partial charge in [-0.05, 0) is 60.2 Å². The Hall–Kier alpha value is -3.05. The standard InChI is InChI=1S/C24H23ClN2O3/c25-18-8-4-5-15(13-18)14-20-22(28)21(24(30)27-20)23(29)26-19-11-9-17(10-12-19)16-6-2-1-3-7-16/h4-5,8-14,16,28H,1-3,6-7H2,(H,26,29)(H,27,30)/b20-14+. The molecule has 1 saturated carbocycles. The zero-order valence-corrected chi connectivity index (χ0v) is 17.2. The van der Waals surface area contributed by atoms with Crippen LogP contribution in [-0.2, 0) is 9.59 Å². The molecule has 0 saturated heterocycles. The Morgan fingerprint density at radius 3 is 2.53 bits per heavy atom. The summed E-state index contributed by atoms with van der Waals surface area (Å²) in [5.41, 5.74) is 2.42. The highest BCUT2D eigenvalue weighted by atomic mass is 35.5. The van der Waals surface area contributed by atoms with Crippen molar-refractivity contribution in [2.45, 2.75) is 38.0 Å². The van der Waals surface area contributed by atoms with Crippen molar-refractivity contribution in [2.75, 3.05) is 5.32 Å². The molecule has 2 amide bonds. The SMILES string of the molecule is O=C1N/C(=C/c2cccc(Cl)c2)C(O)=C1C(=O)Nc1ccc(C2CCCCC2)cc1. The molecule has 0 aromatic heterocycles. The van der Waals surface area contributed by atoms with Crippen molar-refractivity contribution in [2.24, 2.45) is 0 Å². The van der Waals surface area contributed by atoms with Gasteiger partial charge in [-0.2, -0.15) is 0 Å². The molecule has 2 aromatic carbocycles. The number of hydrogen-bond acceptors (Lipinski definition) is 3. The molecule has 4 rings (SSSR count). The summed E-state index contributed by atoms with van der Waals surface area (Å²) in [6.45, 7) is 0. The van der Waals surface area contributed by atoms with Gasteiger partial charge in [-0.15, -0.1) is 0 Å². The van der Waals surface area contributed by atoms with E-state index in [-0.39, 0.29) is 17.0 Å². The third-order valence-electron chi connectivity index (χ3n) is 5.60. The van der Waals surface area contributed by atoms with E-state index in [0.717, 1.165) is 0 Å². The first-order chi connectivity index (χ1) is 14.5. The largest absolute Gasteiger partial charge is 0.505 e. The summed E-state index contributed by atoms with van der Waals surface area (Å²) in [5, 5.41) is 16.2. The topological polar surface area (TPSA) is 78.4 Å². The van der Waals surface area contributed by atoms with E-state index in [1.165, 1.54) is 37.7 Å². The summed E-state index contributed by atoms with van der Waals surface area (Å²) in [5.74, 6) is -1.09. The molecule has 6 heteroatoms. The van der Waals surface area contributed by atoms with Crippen LogP contribution in [0.15, 0.2) is 65.6 Å². The summed E-state index contributed by atoms with van der Waals surface area (Å²) in [7, 11) is 0. The summed E-state index contributed by atoms with van der Waals surface area (Å²) in [6.07, 6.45) is 7.80. The average Bonchev–Trinajstić information content (AvgIpc) is 3.02. The molecule has 2 aromatic rings. The van der Waals surface area contributed by atoms with Crippen molar-refractivity contribution in [3.05, 3.63) is 81.7 Å². The van der Waals surface area contributed by atoms with Crippen molar-refractivity contribution in [3.8, 4) is 0 Å². The highest BCUT2D eigenvalue weighted by molar-refractivity contribution is 6.30. The fraction of sp³-hybridized carbons (Fsp3) is 0.250. The third-order valence-corrected chi connectivity index (χ3v) is 5.83. The quantitative estimate of drug-likeness (QED) is 0.584. The molecule has 2 aliphatic rings. The van der Waals surface area contributed by atoms with Gasteiger partial charge in [-0.25, -0.2) is 0 Å². The van der Waals surface area contributed by atoms with Crippen LogP contribution in [0.4, 0.5) is 5.69 Å². The maximum Gasteiger partial charge on any atom is 0.265 e.